The van der Waals surface area contributed by atoms with Gasteiger partial charge >= 0.3 is 19.8 Å². The maximum absolute atomic E-state index is 12.6. The Kier molecular flexibility index (Phi) is 41.5. The molecule has 338 valence electrons. The Bertz CT molecular complexity index is 1110. The monoisotopic (exact) mass is 840 g/mol. The molecule has 0 aromatic heterocycles. The Hall–Kier alpha value is -2.07. The third kappa shape index (κ3) is 42.1. The number of esters is 2. The summed E-state index contributed by atoms with van der Waals surface area (Å²) in [6.07, 6.45) is 46.4. The molecule has 0 heterocycles. The number of hydrogen-bond acceptors (Lipinski definition) is 9. The zero-order chi connectivity index (χ0) is 42.6. The number of carbonyl (C=O) groups excluding carboxylic acids is 2. The summed E-state index contributed by atoms with van der Waals surface area (Å²) < 4.78 is 32.8. The minimum Gasteiger partial charge on any atom is -0.462 e. The number of aliphatic hydroxyl groups is 1. The average Bonchev–Trinajstić information content (AvgIpc) is 3.20. The highest BCUT2D eigenvalue weighted by Gasteiger charge is 2.26. The van der Waals surface area contributed by atoms with Gasteiger partial charge in [-0.05, 0) is 51.4 Å². The van der Waals surface area contributed by atoms with E-state index in [1.165, 1.54) is 96.3 Å². The molecule has 0 bridgehead atoms. The Morgan fingerprint density at radius 1 is 0.586 bits per heavy atom. The molecule has 0 saturated heterocycles. The molecule has 0 fully saturated rings. The molecule has 0 aliphatic carbocycles. The van der Waals surface area contributed by atoms with E-state index in [2.05, 4.69) is 50.3 Å². The molecule has 58 heavy (non-hydrogen) atoms. The first-order chi connectivity index (χ1) is 28.2. The normalized spacial score (nSPS) is 14.2. The molecule has 0 saturated carbocycles. The molecule has 0 spiro atoms. The van der Waals surface area contributed by atoms with Gasteiger partial charge in [0.25, 0.3) is 0 Å². The number of nitrogens with two attached hydrogens (primary N) is 1. The molecular weight excluding hydrogens is 753 g/mol. The van der Waals surface area contributed by atoms with Gasteiger partial charge in [0.1, 0.15) is 6.61 Å². The quantitative estimate of drug-likeness (QED) is 0.0234. The van der Waals surface area contributed by atoms with Gasteiger partial charge in [0, 0.05) is 19.4 Å². The van der Waals surface area contributed by atoms with Gasteiger partial charge in [-0.1, -0.05) is 184 Å². The van der Waals surface area contributed by atoms with Crippen LogP contribution in [0.2, 0.25) is 0 Å². The average molecular weight is 840 g/mol. The number of ether oxygens (including phenoxy) is 2. The van der Waals surface area contributed by atoms with Crippen molar-refractivity contribution in [1.29, 1.82) is 0 Å². The zero-order valence-electron chi connectivity index (χ0n) is 36.9. The van der Waals surface area contributed by atoms with Crippen molar-refractivity contribution >= 4 is 19.8 Å². The van der Waals surface area contributed by atoms with Gasteiger partial charge in [-0.2, -0.15) is 0 Å². The van der Waals surface area contributed by atoms with Crippen molar-refractivity contribution in [3.8, 4) is 0 Å². The first-order valence-electron chi connectivity index (χ1n) is 23.2. The van der Waals surface area contributed by atoms with Gasteiger partial charge in [-0.3, -0.25) is 18.6 Å². The van der Waals surface area contributed by atoms with E-state index < -0.39 is 32.5 Å². The molecular formula is C47H86NO9P. The Morgan fingerprint density at radius 2 is 1.05 bits per heavy atom. The third-order valence-corrected chi connectivity index (χ3v) is 10.8. The zero-order valence-corrected chi connectivity index (χ0v) is 37.8. The summed E-state index contributed by atoms with van der Waals surface area (Å²) in [5, 5.41) is 9.73. The first-order valence-corrected chi connectivity index (χ1v) is 24.7. The van der Waals surface area contributed by atoms with Gasteiger partial charge in [0.05, 0.1) is 19.3 Å². The van der Waals surface area contributed by atoms with Gasteiger partial charge in [0.2, 0.25) is 0 Å². The van der Waals surface area contributed by atoms with Crippen LogP contribution in [-0.2, 0) is 32.7 Å². The summed E-state index contributed by atoms with van der Waals surface area (Å²) >= 11 is 0. The highest BCUT2D eigenvalue weighted by atomic mass is 31.2. The summed E-state index contributed by atoms with van der Waals surface area (Å²) in [6.45, 7) is 3.48. The summed E-state index contributed by atoms with van der Waals surface area (Å²) in [6, 6.07) is 0. The van der Waals surface area contributed by atoms with Crippen molar-refractivity contribution in [2.75, 3.05) is 26.4 Å². The second kappa shape index (κ2) is 43.0. The molecule has 0 amide bonds. The second-order valence-corrected chi connectivity index (χ2v) is 16.9. The molecule has 3 atom stereocenters. The van der Waals surface area contributed by atoms with Crippen molar-refractivity contribution in [2.24, 2.45) is 5.73 Å². The number of carbonyl (C=O) groups is 2. The Balaban J connectivity index is 4.19. The molecule has 2 unspecified atom stereocenters. The van der Waals surface area contributed by atoms with Crippen LogP contribution >= 0.6 is 7.82 Å². The lowest BCUT2D eigenvalue weighted by Gasteiger charge is -2.19. The van der Waals surface area contributed by atoms with Gasteiger partial charge < -0.3 is 25.2 Å². The summed E-state index contributed by atoms with van der Waals surface area (Å²) in [4.78, 5) is 34.9. The van der Waals surface area contributed by atoms with E-state index in [-0.39, 0.29) is 38.7 Å². The predicted octanol–water partition coefficient (Wildman–Crippen LogP) is 12.5. The van der Waals surface area contributed by atoms with E-state index in [1.54, 1.807) is 0 Å². The van der Waals surface area contributed by atoms with E-state index in [0.717, 1.165) is 57.8 Å². The van der Waals surface area contributed by atoms with Crippen LogP contribution in [0.15, 0.2) is 48.6 Å². The molecule has 0 aliphatic heterocycles. The van der Waals surface area contributed by atoms with Crippen molar-refractivity contribution in [2.45, 2.75) is 212 Å². The second-order valence-electron chi connectivity index (χ2n) is 15.5. The third-order valence-electron chi connectivity index (χ3n) is 9.77. The molecule has 11 heteroatoms. The van der Waals surface area contributed by atoms with Crippen molar-refractivity contribution < 1.29 is 42.7 Å². The maximum atomic E-state index is 12.6. The van der Waals surface area contributed by atoms with Crippen molar-refractivity contribution in [3.05, 3.63) is 48.6 Å². The molecule has 4 N–H and O–H groups in total. The molecule has 0 radical (unpaired) electrons. The number of hydrogen-bond donors (Lipinski definition) is 3. The molecule has 0 aromatic rings. The summed E-state index contributed by atoms with van der Waals surface area (Å²) in [7, 11) is -4.40. The standard InChI is InChI=1S/C47H86NO9P/c1-3-5-6-7-8-9-10-11-12-13-14-15-16-19-23-26-29-32-35-39-47(51)57-45(43-56-58(52,53)55-41-40-48)42-54-46(50)38-34-31-28-25-22-20-17-18-21-24-27-30-33-37-44(49)36-4-2/h17,20-21,24-25,28,30,33,44-45,49H,3-16,18-19,22-23,26-27,29,31-32,34-43,48H2,1-2H3,(H,52,53)/b20-17-,24-21-,28-25-,33-30-/t44?,45-/m1/s1. The SMILES string of the molecule is CCCCCCCCCCCCCCCCCCCCCC(=O)O[C@H](COC(=O)CCC/C=C\C/C=C\C/C=C\C/C=C\CC(O)CCC)COP(=O)(O)OCCN. The van der Waals surface area contributed by atoms with E-state index in [9.17, 15) is 24.2 Å². The summed E-state index contributed by atoms with van der Waals surface area (Å²) in [5.41, 5.74) is 5.35. The number of rotatable bonds is 43. The van der Waals surface area contributed by atoms with Crippen LogP contribution in [0.25, 0.3) is 0 Å². The van der Waals surface area contributed by atoms with E-state index in [1.807, 2.05) is 12.2 Å². The van der Waals surface area contributed by atoms with Crippen molar-refractivity contribution in [1.82, 2.24) is 0 Å². The van der Waals surface area contributed by atoms with Crippen LogP contribution in [-0.4, -0.2) is 60.5 Å². The number of phosphoric ester groups is 1. The Morgan fingerprint density at radius 3 is 1.55 bits per heavy atom. The predicted molar refractivity (Wildman–Crippen MR) is 239 cm³/mol. The minimum atomic E-state index is -4.40. The van der Waals surface area contributed by atoms with E-state index >= 15 is 0 Å². The van der Waals surface area contributed by atoms with E-state index in [4.69, 9.17) is 24.3 Å². The van der Waals surface area contributed by atoms with Crippen LogP contribution in [0.4, 0.5) is 0 Å². The highest BCUT2D eigenvalue weighted by molar-refractivity contribution is 7.47. The summed E-state index contributed by atoms with van der Waals surface area (Å²) in [5.74, 6) is -0.909. The minimum absolute atomic E-state index is 0.0401. The first kappa shape index (κ1) is 55.9. The largest absolute Gasteiger partial charge is 0.472 e. The molecule has 0 aliphatic rings. The van der Waals surface area contributed by atoms with Gasteiger partial charge in [-0.15, -0.1) is 0 Å². The lowest BCUT2D eigenvalue weighted by molar-refractivity contribution is -0.161. The smallest absolute Gasteiger partial charge is 0.462 e. The van der Waals surface area contributed by atoms with E-state index in [0.29, 0.717) is 19.3 Å². The number of phosphoric acid groups is 1. The van der Waals surface area contributed by atoms with Crippen LogP contribution < -0.4 is 5.73 Å². The van der Waals surface area contributed by atoms with Gasteiger partial charge in [-0.25, -0.2) is 4.57 Å². The maximum Gasteiger partial charge on any atom is 0.472 e. The van der Waals surface area contributed by atoms with Crippen LogP contribution in [0, 0.1) is 0 Å². The van der Waals surface area contributed by atoms with Gasteiger partial charge in [0.15, 0.2) is 6.10 Å². The van der Waals surface area contributed by atoms with Crippen molar-refractivity contribution in [3.63, 3.8) is 0 Å². The topological polar surface area (TPSA) is 155 Å². The number of unbranched alkanes of at least 4 members (excludes halogenated alkanes) is 19. The lowest BCUT2D eigenvalue weighted by atomic mass is 10.0. The molecule has 0 aromatic carbocycles. The van der Waals surface area contributed by atoms with Crippen LogP contribution in [0.3, 0.4) is 0 Å². The fraction of sp³-hybridized carbons (Fsp3) is 0.787. The Labute approximate surface area is 354 Å². The molecule has 10 nitrogen and oxygen atoms in total. The number of allylic oxidation sites excluding steroid dienone is 7. The van der Waals surface area contributed by atoms with Crippen LogP contribution in [0.5, 0.6) is 0 Å². The lowest BCUT2D eigenvalue weighted by Crippen LogP contribution is -2.29. The fourth-order valence-electron chi connectivity index (χ4n) is 6.35. The molecule has 0 rings (SSSR count). The fourth-order valence-corrected chi connectivity index (χ4v) is 7.11. The van der Waals surface area contributed by atoms with Crippen LogP contribution in [0.1, 0.15) is 200 Å². The number of aliphatic hydroxyl groups excluding tert-OH is 1. The highest BCUT2D eigenvalue weighted by Crippen LogP contribution is 2.43.